The Balaban J connectivity index is 1.49. The van der Waals surface area contributed by atoms with E-state index in [1.807, 2.05) is 65.0 Å². The number of hydrogen-bond donors (Lipinski definition) is 0. The third-order valence-corrected chi connectivity index (χ3v) is 6.69. The predicted octanol–water partition coefficient (Wildman–Crippen LogP) is 4.33. The minimum Gasteiger partial charge on any atom is -0.345 e. The van der Waals surface area contributed by atoms with Gasteiger partial charge in [0.2, 0.25) is 5.91 Å². The zero-order chi connectivity index (χ0) is 18.5. The number of hydrogen-bond acceptors (Lipinski definition) is 5. The molecule has 0 saturated carbocycles. The number of amides is 1. The summed E-state index contributed by atoms with van der Waals surface area (Å²) in [7, 11) is 0. The van der Waals surface area contributed by atoms with Gasteiger partial charge in [-0.2, -0.15) is 0 Å². The van der Waals surface area contributed by atoms with Crippen LogP contribution in [0.25, 0.3) is 0 Å². The Morgan fingerprint density at radius 3 is 2.26 bits per heavy atom. The second-order valence-electron chi connectivity index (χ2n) is 6.35. The lowest BCUT2D eigenvalue weighted by Gasteiger charge is -2.36. The molecule has 1 amide bonds. The second kappa shape index (κ2) is 8.59. The van der Waals surface area contributed by atoms with Crippen molar-refractivity contribution in [2.75, 3.05) is 31.1 Å². The summed E-state index contributed by atoms with van der Waals surface area (Å²) >= 11 is 3.28. The molecule has 0 radical (unpaired) electrons. The number of thiazole rings is 1. The highest BCUT2D eigenvalue weighted by Gasteiger charge is 2.29. The van der Waals surface area contributed by atoms with Gasteiger partial charge >= 0.3 is 0 Å². The van der Waals surface area contributed by atoms with E-state index in [2.05, 4.69) is 22.0 Å². The van der Waals surface area contributed by atoms with E-state index in [1.165, 1.54) is 0 Å². The number of nitrogens with zero attached hydrogens (tertiary/aromatic N) is 3. The van der Waals surface area contributed by atoms with E-state index in [9.17, 15) is 4.79 Å². The van der Waals surface area contributed by atoms with Crippen LogP contribution in [0.3, 0.4) is 0 Å². The molecule has 0 aliphatic carbocycles. The van der Waals surface area contributed by atoms with Gasteiger partial charge in [0, 0.05) is 42.7 Å². The largest absolute Gasteiger partial charge is 0.345 e. The molecule has 1 fully saturated rings. The van der Waals surface area contributed by atoms with Crippen LogP contribution in [0, 0.1) is 0 Å². The van der Waals surface area contributed by atoms with Gasteiger partial charge < -0.3 is 9.80 Å². The second-order valence-corrected chi connectivity index (χ2v) is 8.40. The Hall–Kier alpha value is -2.31. The summed E-state index contributed by atoms with van der Waals surface area (Å²) in [6, 6.07) is 20.2. The quantitative estimate of drug-likeness (QED) is 0.603. The summed E-state index contributed by atoms with van der Waals surface area (Å²) in [4.78, 5) is 23.1. The molecule has 1 aliphatic rings. The van der Waals surface area contributed by atoms with E-state index in [0.29, 0.717) is 0 Å². The van der Waals surface area contributed by atoms with Gasteiger partial charge in [-0.05, 0) is 17.7 Å². The number of carbonyl (C=O) groups excluding carboxylic acids is 1. The smallest absolute Gasteiger partial charge is 0.240 e. The minimum atomic E-state index is -0.222. The average molecular weight is 396 g/mol. The zero-order valence-corrected chi connectivity index (χ0v) is 16.5. The van der Waals surface area contributed by atoms with Gasteiger partial charge in [0.25, 0.3) is 0 Å². The van der Waals surface area contributed by atoms with Crippen LogP contribution in [0.1, 0.15) is 10.8 Å². The molecule has 0 spiro atoms. The van der Waals surface area contributed by atoms with Crippen molar-refractivity contribution >= 4 is 34.1 Å². The van der Waals surface area contributed by atoms with Crippen LogP contribution in [0.2, 0.25) is 0 Å². The maximum Gasteiger partial charge on any atom is 0.240 e. The van der Waals surface area contributed by atoms with Crippen LogP contribution < -0.4 is 4.90 Å². The van der Waals surface area contributed by atoms with E-state index in [1.54, 1.807) is 23.1 Å². The maximum absolute atomic E-state index is 13.4. The van der Waals surface area contributed by atoms with Gasteiger partial charge in [-0.15, -0.1) is 23.1 Å². The Morgan fingerprint density at radius 1 is 0.963 bits per heavy atom. The molecule has 1 saturated heterocycles. The highest BCUT2D eigenvalue weighted by molar-refractivity contribution is 8.00. The summed E-state index contributed by atoms with van der Waals surface area (Å²) in [5.41, 5.74) is 1.05. The molecule has 0 unspecified atom stereocenters. The summed E-state index contributed by atoms with van der Waals surface area (Å²) < 4.78 is 0. The molecule has 0 N–H and O–H groups in total. The number of carbonyl (C=O) groups is 1. The van der Waals surface area contributed by atoms with Gasteiger partial charge in [-0.1, -0.05) is 48.5 Å². The van der Waals surface area contributed by atoms with E-state index < -0.39 is 0 Å². The number of rotatable bonds is 5. The molecule has 4 rings (SSSR count). The lowest BCUT2D eigenvalue weighted by molar-refractivity contribution is -0.131. The predicted molar refractivity (Wildman–Crippen MR) is 112 cm³/mol. The van der Waals surface area contributed by atoms with Gasteiger partial charge in [0.05, 0.1) is 0 Å². The summed E-state index contributed by atoms with van der Waals surface area (Å²) in [5, 5.41) is 2.81. The van der Waals surface area contributed by atoms with Gasteiger partial charge in [0.15, 0.2) is 5.13 Å². The van der Waals surface area contributed by atoms with Crippen molar-refractivity contribution in [3.05, 3.63) is 77.8 Å². The topological polar surface area (TPSA) is 36.4 Å². The van der Waals surface area contributed by atoms with E-state index in [-0.39, 0.29) is 11.2 Å². The van der Waals surface area contributed by atoms with Crippen molar-refractivity contribution in [2.24, 2.45) is 0 Å². The fourth-order valence-electron chi connectivity index (χ4n) is 3.18. The van der Waals surface area contributed by atoms with Gasteiger partial charge in [-0.25, -0.2) is 4.98 Å². The first-order chi connectivity index (χ1) is 13.3. The number of piperazine rings is 1. The van der Waals surface area contributed by atoms with Crippen molar-refractivity contribution < 1.29 is 4.79 Å². The van der Waals surface area contributed by atoms with Crippen LogP contribution in [0.5, 0.6) is 0 Å². The molecular formula is C21H21N3OS2. The molecule has 1 aromatic heterocycles. The van der Waals surface area contributed by atoms with Crippen LogP contribution in [0.15, 0.2) is 77.1 Å². The lowest BCUT2D eigenvalue weighted by Crippen LogP contribution is -2.49. The monoisotopic (exact) mass is 395 g/mol. The van der Waals surface area contributed by atoms with Crippen molar-refractivity contribution in [1.82, 2.24) is 9.88 Å². The summed E-state index contributed by atoms with van der Waals surface area (Å²) in [6.07, 6.45) is 1.83. The Morgan fingerprint density at radius 2 is 1.63 bits per heavy atom. The zero-order valence-electron chi connectivity index (χ0n) is 14.9. The highest BCUT2D eigenvalue weighted by Crippen LogP contribution is 2.37. The van der Waals surface area contributed by atoms with Crippen LogP contribution in [-0.4, -0.2) is 42.0 Å². The summed E-state index contributed by atoms with van der Waals surface area (Å²) in [6.45, 7) is 3.13. The lowest BCUT2D eigenvalue weighted by atomic mass is 10.1. The van der Waals surface area contributed by atoms with Crippen molar-refractivity contribution in [2.45, 2.75) is 10.1 Å². The standard InChI is InChI=1S/C21H21N3OS2/c25-20(23-12-14-24(15-13-23)21-22-11-16-26-21)19(17-7-3-1-4-8-17)27-18-9-5-2-6-10-18/h1-11,16,19H,12-15H2/t19-/m0/s1. The summed E-state index contributed by atoms with van der Waals surface area (Å²) in [5.74, 6) is 0.189. The minimum absolute atomic E-state index is 0.189. The molecule has 2 heterocycles. The molecule has 1 atom stereocenters. The van der Waals surface area contributed by atoms with E-state index >= 15 is 0 Å². The molecular weight excluding hydrogens is 374 g/mol. The molecule has 3 aromatic rings. The SMILES string of the molecule is O=C([C@@H](Sc1ccccc1)c1ccccc1)N1CCN(c2nccs2)CC1. The molecule has 2 aromatic carbocycles. The first kappa shape index (κ1) is 18.1. The average Bonchev–Trinajstić information content (AvgIpc) is 3.28. The van der Waals surface area contributed by atoms with Gasteiger partial charge in [-0.3, -0.25) is 4.79 Å². The third-order valence-electron chi connectivity index (χ3n) is 4.60. The molecule has 1 aliphatic heterocycles. The number of thioether (sulfide) groups is 1. The fraction of sp³-hybridized carbons (Fsp3) is 0.238. The molecule has 6 heteroatoms. The maximum atomic E-state index is 13.4. The van der Waals surface area contributed by atoms with E-state index in [0.717, 1.165) is 41.8 Å². The van der Waals surface area contributed by atoms with Gasteiger partial charge in [0.1, 0.15) is 5.25 Å². The number of benzene rings is 2. The molecule has 0 bridgehead atoms. The molecule has 27 heavy (non-hydrogen) atoms. The Kier molecular flexibility index (Phi) is 5.75. The number of aromatic nitrogens is 1. The van der Waals surface area contributed by atoms with Crippen molar-refractivity contribution in [3.63, 3.8) is 0 Å². The Labute approximate surface area is 167 Å². The van der Waals surface area contributed by atoms with Crippen LogP contribution >= 0.6 is 23.1 Å². The van der Waals surface area contributed by atoms with Crippen LogP contribution in [-0.2, 0) is 4.79 Å². The highest BCUT2D eigenvalue weighted by atomic mass is 32.2. The first-order valence-electron chi connectivity index (χ1n) is 9.01. The van der Waals surface area contributed by atoms with Crippen LogP contribution in [0.4, 0.5) is 5.13 Å². The molecule has 4 nitrogen and oxygen atoms in total. The van der Waals surface area contributed by atoms with E-state index in [4.69, 9.17) is 0 Å². The fourth-order valence-corrected chi connectivity index (χ4v) is 5.01. The third kappa shape index (κ3) is 4.34. The van der Waals surface area contributed by atoms with Crippen molar-refractivity contribution in [3.8, 4) is 0 Å². The number of anilines is 1. The molecule has 138 valence electrons. The normalized spacial score (nSPS) is 15.6. The first-order valence-corrected chi connectivity index (χ1v) is 10.8. The van der Waals surface area contributed by atoms with Crippen molar-refractivity contribution in [1.29, 1.82) is 0 Å². The Bertz CT molecular complexity index is 848.